The number of anilines is 1. The average Bonchev–Trinajstić information content (AvgIpc) is 2.38. The van der Waals surface area contributed by atoms with E-state index in [1.165, 1.54) is 0 Å². The standard InChI is InChI=1S/C12H9N3O3/c16-11-4-3-8-1-2-9-7-13-6-5-10(9)12(8)14(11)15(17)18/h1-2,5-7H,3-4H2. The van der Waals surface area contributed by atoms with Crippen molar-refractivity contribution in [2.45, 2.75) is 12.8 Å². The number of pyridine rings is 1. The SMILES string of the molecule is O=C1CCc2ccc3cnccc3c2N1[N+](=O)[O-]. The maximum absolute atomic E-state index is 11.7. The van der Waals surface area contributed by atoms with E-state index in [-0.39, 0.29) is 6.42 Å². The third-order valence-electron chi connectivity index (χ3n) is 3.09. The summed E-state index contributed by atoms with van der Waals surface area (Å²) in [5.74, 6) is -0.475. The Balaban J connectivity index is 2.35. The number of aromatic nitrogens is 1. The summed E-state index contributed by atoms with van der Waals surface area (Å²) in [6, 6.07) is 5.39. The minimum absolute atomic E-state index is 0.171. The number of hydrogen-bond donors (Lipinski definition) is 0. The Morgan fingerprint density at radius 1 is 1.28 bits per heavy atom. The van der Waals surface area contributed by atoms with Crippen molar-refractivity contribution in [2.24, 2.45) is 0 Å². The Kier molecular flexibility index (Phi) is 2.22. The summed E-state index contributed by atoms with van der Waals surface area (Å²) >= 11 is 0. The van der Waals surface area contributed by atoms with E-state index in [1.807, 2.05) is 12.1 Å². The molecule has 0 saturated heterocycles. The fourth-order valence-electron chi connectivity index (χ4n) is 2.29. The van der Waals surface area contributed by atoms with Crippen molar-refractivity contribution in [1.29, 1.82) is 0 Å². The Morgan fingerprint density at radius 3 is 2.89 bits per heavy atom. The van der Waals surface area contributed by atoms with Crippen LogP contribution in [0.25, 0.3) is 10.8 Å². The first-order valence-electron chi connectivity index (χ1n) is 5.51. The van der Waals surface area contributed by atoms with E-state index < -0.39 is 10.9 Å². The van der Waals surface area contributed by atoms with Crippen LogP contribution in [0.3, 0.4) is 0 Å². The highest BCUT2D eigenvalue weighted by atomic mass is 16.7. The van der Waals surface area contributed by atoms with Gasteiger partial charge in [-0.25, -0.2) is 10.1 Å². The summed E-state index contributed by atoms with van der Waals surface area (Å²) in [6.07, 6.45) is 3.91. The molecule has 90 valence electrons. The lowest BCUT2D eigenvalue weighted by atomic mass is 9.98. The molecule has 0 radical (unpaired) electrons. The van der Waals surface area contributed by atoms with Crippen molar-refractivity contribution in [3.8, 4) is 0 Å². The fraction of sp³-hybridized carbons (Fsp3) is 0.167. The van der Waals surface area contributed by atoms with Crippen LogP contribution in [0, 0.1) is 10.1 Å². The molecule has 6 nitrogen and oxygen atoms in total. The summed E-state index contributed by atoms with van der Waals surface area (Å²) in [5.41, 5.74) is 1.21. The van der Waals surface area contributed by atoms with Crippen LogP contribution < -0.4 is 5.01 Å². The molecule has 1 aromatic heterocycles. The quantitative estimate of drug-likeness (QED) is 0.564. The van der Waals surface area contributed by atoms with Crippen molar-refractivity contribution in [2.75, 3.05) is 5.01 Å². The number of carbonyl (C=O) groups is 1. The van der Waals surface area contributed by atoms with Gasteiger partial charge in [0.2, 0.25) is 0 Å². The zero-order valence-electron chi connectivity index (χ0n) is 9.37. The van der Waals surface area contributed by atoms with Gasteiger partial charge in [0.1, 0.15) is 5.69 Å². The highest BCUT2D eigenvalue weighted by Gasteiger charge is 2.34. The van der Waals surface area contributed by atoms with Crippen LogP contribution in [0.5, 0.6) is 0 Å². The van der Waals surface area contributed by atoms with E-state index in [9.17, 15) is 14.9 Å². The smallest absolute Gasteiger partial charge is 0.268 e. The number of hydrazine groups is 1. The summed E-state index contributed by atoms with van der Waals surface area (Å²) in [5, 5.41) is 12.5. The largest absolute Gasteiger partial charge is 0.289 e. The summed E-state index contributed by atoms with van der Waals surface area (Å²) < 4.78 is 0. The predicted octanol–water partition coefficient (Wildman–Crippen LogP) is 1.71. The second-order valence-electron chi connectivity index (χ2n) is 4.11. The number of carbonyl (C=O) groups excluding carboxylic acids is 1. The van der Waals surface area contributed by atoms with Gasteiger partial charge in [-0.1, -0.05) is 12.1 Å². The zero-order valence-corrected chi connectivity index (χ0v) is 9.37. The Labute approximate surface area is 102 Å². The Bertz CT molecular complexity index is 669. The number of rotatable bonds is 1. The number of fused-ring (bicyclic) bond motifs is 3. The Hall–Kier alpha value is -2.50. The minimum Gasteiger partial charge on any atom is -0.268 e. The van der Waals surface area contributed by atoms with E-state index in [2.05, 4.69) is 4.98 Å². The van der Waals surface area contributed by atoms with Gasteiger partial charge in [-0.3, -0.25) is 9.78 Å². The molecule has 0 aliphatic carbocycles. The number of nitro groups is 1. The van der Waals surface area contributed by atoms with Crippen molar-refractivity contribution < 1.29 is 9.83 Å². The number of aryl methyl sites for hydroxylation is 1. The second kappa shape index (κ2) is 3.76. The molecule has 3 rings (SSSR count). The molecular weight excluding hydrogens is 234 g/mol. The highest BCUT2D eigenvalue weighted by Crippen LogP contribution is 2.34. The van der Waals surface area contributed by atoms with Crippen LogP contribution in [0.2, 0.25) is 0 Å². The van der Waals surface area contributed by atoms with Crippen molar-refractivity contribution >= 4 is 22.4 Å². The summed E-state index contributed by atoms with van der Waals surface area (Å²) in [4.78, 5) is 26.8. The lowest BCUT2D eigenvalue weighted by Crippen LogP contribution is -2.39. The van der Waals surface area contributed by atoms with Gasteiger partial charge in [0, 0.05) is 29.6 Å². The molecule has 2 heterocycles. The molecule has 0 atom stereocenters. The van der Waals surface area contributed by atoms with E-state index in [0.29, 0.717) is 22.5 Å². The van der Waals surface area contributed by atoms with Crippen molar-refractivity contribution in [3.05, 3.63) is 46.3 Å². The van der Waals surface area contributed by atoms with E-state index in [1.54, 1.807) is 18.5 Å². The predicted molar refractivity (Wildman–Crippen MR) is 64.5 cm³/mol. The van der Waals surface area contributed by atoms with Crippen LogP contribution in [0.1, 0.15) is 12.0 Å². The van der Waals surface area contributed by atoms with Gasteiger partial charge in [0.05, 0.1) is 0 Å². The lowest BCUT2D eigenvalue weighted by molar-refractivity contribution is -0.484. The highest BCUT2D eigenvalue weighted by molar-refractivity contribution is 6.05. The van der Waals surface area contributed by atoms with Crippen molar-refractivity contribution in [3.63, 3.8) is 0 Å². The first kappa shape index (κ1) is 10.6. The van der Waals surface area contributed by atoms with E-state index in [0.717, 1.165) is 10.9 Å². The monoisotopic (exact) mass is 243 g/mol. The molecule has 2 aromatic rings. The molecule has 6 heteroatoms. The fourth-order valence-corrected chi connectivity index (χ4v) is 2.29. The van der Waals surface area contributed by atoms with Crippen molar-refractivity contribution in [1.82, 2.24) is 4.98 Å². The molecule has 1 amide bonds. The van der Waals surface area contributed by atoms with E-state index >= 15 is 0 Å². The number of amides is 1. The first-order chi connectivity index (χ1) is 8.68. The van der Waals surface area contributed by atoms with Gasteiger partial charge in [-0.15, -0.1) is 0 Å². The van der Waals surface area contributed by atoms with Gasteiger partial charge in [-0.2, -0.15) is 0 Å². The van der Waals surface area contributed by atoms with Crippen LogP contribution >= 0.6 is 0 Å². The summed E-state index contributed by atoms with van der Waals surface area (Å²) in [7, 11) is 0. The molecular formula is C12H9N3O3. The number of nitrogens with zero attached hydrogens (tertiary/aromatic N) is 3. The average molecular weight is 243 g/mol. The topological polar surface area (TPSA) is 76.3 Å². The molecule has 1 aliphatic heterocycles. The zero-order chi connectivity index (χ0) is 12.7. The molecule has 0 bridgehead atoms. The van der Waals surface area contributed by atoms with E-state index in [4.69, 9.17) is 0 Å². The van der Waals surface area contributed by atoms with Crippen LogP contribution in [-0.2, 0) is 11.2 Å². The van der Waals surface area contributed by atoms with Gasteiger partial charge < -0.3 is 0 Å². The van der Waals surface area contributed by atoms with Gasteiger partial charge in [-0.05, 0) is 23.1 Å². The third kappa shape index (κ3) is 1.42. The van der Waals surface area contributed by atoms with Crippen LogP contribution in [0.4, 0.5) is 5.69 Å². The molecule has 0 N–H and O–H groups in total. The Morgan fingerprint density at radius 2 is 2.11 bits per heavy atom. The van der Waals surface area contributed by atoms with Gasteiger partial charge in [0.25, 0.3) is 5.91 Å². The van der Waals surface area contributed by atoms with Gasteiger partial charge >= 0.3 is 0 Å². The van der Waals surface area contributed by atoms with Crippen LogP contribution in [-0.4, -0.2) is 15.9 Å². The molecule has 0 spiro atoms. The second-order valence-corrected chi connectivity index (χ2v) is 4.11. The molecule has 0 fully saturated rings. The van der Waals surface area contributed by atoms with Crippen LogP contribution in [0.15, 0.2) is 30.6 Å². The number of benzene rings is 1. The normalized spacial score (nSPS) is 14.7. The first-order valence-corrected chi connectivity index (χ1v) is 5.51. The summed E-state index contributed by atoms with van der Waals surface area (Å²) in [6.45, 7) is 0. The van der Waals surface area contributed by atoms with Gasteiger partial charge in [0.15, 0.2) is 5.03 Å². The third-order valence-corrected chi connectivity index (χ3v) is 3.09. The molecule has 0 unspecified atom stereocenters. The molecule has 0 saturated carbocycles. The minimum atomic E-state index is -0.653. The lowest BCUT2D eigenvalue weighted by Gasteiger charge is -2.22. The molecule has 1 aliphatic rings. The maximum Gasteiger partial charge on any atom is 0.289 e. The molecule has 1 aromatic carbocycles. The maximum atomic E-state index is 11.7. The molecule has 18 heavy (non-hydrogen) atoms. The number of hydrogen-bond acceptors (Lipinski definition) is 4.